The molecule has 0 radical (unpaired) electrons. The number of hydrogen-bond acceptors (Lipinski definition) is 4. The fourth-order valence-electron chi connectivity index (χ4n) is 4.68. The molecule has 3 aromatic heterocycles. The van der Waals surface area contributed by atoms with E-state index in [0.717, 1.165) is 27.4 Å². The van der Waals surface area contributed by atoms with Gasteiger partial charge in [-0.2, -0.15) is 0 Å². The van der Waals surface area contributed by atoms with Crippen LogP contribution in [0.1, 0.15) is 17.0 Å². The van der Waals surface area contributed by atoms with Crippen molar-refractivity contribution in [2.45, 2.75) is 12.5 Å². The van der Waals surface area contributed by atoms with Crippen molar-refractivity contribution in [1.82, 2.24) is 19.9 Å². The molecule has 0 bridgehead atoms. The van der Waals surface area contributed by atoms with Crippen LogP contribution in [0.5, 0.6) is 0 Å². The first kappa shape index (κ1) is 22.1. The van der Waals surface area contributed by atoms with Crippen LogP contribution >= 0.6 is 11.6 Å². The second-order valence-corrected chi connectivity index (χ2v) is 9.03. The van der Waals surface area contributed by atoms with E-state index in [1.165, 1.54) is 10.9 Å². The Balaban J connectivity index is 1.28. The predicted molar refractivity (Wildman–Crippen MR) is 140 cm³/mol. The van der Waals surface area contributed by atoms with Crippen molar-refractivity contribution in [1.29, 1.82) is 0 Å². The molecular formula is C28H21ClN4O3. The Labute approximate surface area is 210 Å². The average molecular weight is 497 g/mol. The SMILES string of the molecule is O=C(Cn1cnc2c(oc3ccccc32)c1=O)NCC(c1ccccc1Cl)c1c[nH]c2ccccc12. The normalized spacial score (nSPS) is 12.4. The number of halogens is 1. The number of fused-ring (bicyclic) bond motifs is 4. The molecule has 0 spiro atoms. The van der Waals surface area contributed by atoms with Crippen LogP contribution in [0.3, 0.4) is 0 Å². The monoisotopic (exact) mass is 496 g/mol. The number of amides is 1. The summed E-state index contributed by atoms with van der Waals surface area (Å²) in [5, 5.41) is 5.43. The van der Waals surface area contributed by atoms with E-state index in [9.17, 15) is 9.59 Å². The molecule has 0 saturated heterocycles. The van der Waals surface area contributed by atoms with Crippen LogP contribution < -0.4 is 10.9 Å². The third-order valence-corrected chi connectivity index (χ3v) is 6.79. The van der Waals surface area contributed by atoms with Crippen LogP contribution in [0.2, 0.25) is 5.02 Å². The minimum absolute atomic E-state index is 0.138. The lowest BCUT2D eigenvalue weighted by molar-refractivity contribution is -0.121. The number of aromatic nitrogens is 3. The maximum absolute atomic E-state index is 13.0. The van der Waals surface area contributed by atoms with Crippen LogP contribution in [-0.4, -0.2) is 27.0 Å². The van der Waals surface area contributed by atoms with Gasteiger partial charge in [-0.3, -0.25) is 14.2 Å². The van der Waals surface area contributed by atoms with Crippen molar-refractivity contribution in [2.75, 3.05) is 6.54 Å². The van der Waals surface area contributed by atoms with Crippen molar-refractivity contribution in [2.24, 2.45) is 0 Å². The Morgan fingerprint density at radius 1 is 1.00 bits per heavy atom. The number of para-hydroxylation sites is 2. The summed E-state index contributed by atoms with van der Waals surface area (Å²) in [7, 11) is 0. The largest absolute Gasteiger partial charge is 0.448 e. The molecule has 1 atom stereocenters. The summed E-state index contributed by atoms with van der Waals surface area (Å²) in [5.41, 5.74) is 3.76. The van der Waals surface area contributed by atoms with Crippen molar-refractivity contribution >= 4 is 50.5 Å². The van der Waals surface area contributed by atoms with Crippen LogP contribution in [0.15, 0.2) is 94.5 Å². The summed E-state index contributed by atoms with van der Waals surface area (Å²) in [6.07, 6.45) is 3.34. The van der Waals surface area contributed by atoms with Crippen LogP contribution in [0.4, 0.5) is 0 Å². The number of aromatic amines is 1. The van der Waals surface area contributed by atoms with Gasteiger partial charge in [0.15, 0.2) is 0 Å². The zero-order valence-corrected chi connectivity index (χ0v) is 19.8. The Hall–Kier alpha value is -4.36. The first-order valence-electron chi connectivity index (χ1n) is 11.5. The first-order chi connectivity index (χ1) is 17.6. The third-order valence-electron chi connectivity index (χ3n) is 6.45. The van der Waals surface area contributed by atoms with Gasteiger partial charge in [0, 0.05) is 40.0 Å². The summed E-state index contributed by atoms with van der Waals surface area (Å²) in [5.74, 6) is -0.502. The molecule has 0 aliphatic heterocycles. The van der Waals surface area contributed by atoms with Crippen molar-refractivity contribution in [3.8, 4) is 0 Å². The first-order valence-corrected chi connectivity index (χ1v) is 11.9. The maximum Gasteiger partial charge on any atom is 0.297 e. The molecule has 0 fully saturated rings. The number of H-pyrrole nitrogens is 1. The predicted octanol–water partition coefficient (Wildman–Crippen LogP) is 5.23. The number of benzene rings is 3. The number of carbonyl (C=O) groups is 1. The second-order valence-electron chi connectivity index (χ2n) is 8.62. The molecule has 6 rings (SSSR count). The van der Waals surface area contributed by atoms with E-state index in [4.69, 9.17) is 16.0 Å². The number of rotatable bonds is 6. The Morgan fingerprint density at radius 3 is 2.61 bits per heavy atom. The van der Waals surface area contributed by atoms with E-state index in [1.54, 1.807) is 6.07 Å². The van der Waals surface area contributed by atoms with Crippen molar-refractivity contribution in [3.05, 3.63) is 112 Å². The lowest BCUT2D eigenvalue weighted by atomic mass is 9.90. The Kier molecular flexibility index (Phi) is 5.54. The molecule has 0 aliphatic rings. The summed E-state index contributed by atoms with van der Waals surface area (Å²) in [6.45, 7) is 0.126. The molecule has 7 nitrogen and oxygen atoms in total. The molecule has 1 unspecified atom stereocenters. The van der Waals surface area contributed by atoms with E-state index in [2.05, 4.69) is 15.3 Å². The van der Waals surface area contributed by atoms with Gasteiger partial charge >= 0.3 is 0 Å². The average Bonchev–Trinajstić information content (AvgIpc) is 3.49. The smallest absolute Gasteiger partial charge is 0.297 e. The van der Waals surface area contributed by atoms with Gasteiger partial charge < -0.3 is 14.7 Å². The standard InChI is InChI=1S/C28H21ClN4O3/c29-22-10-4-1-7-17(22)20(21-13-30-23-11-5-2-8-18(21)23)14-31-25(34)15-33-16-32-26-19-9-3-6-12-24(19)36-27(26)28(33)35/h1-13,16,20,30H,14-15H2,(H,31,34). The molecule has 6 aromatic rings. The van der Waals surface area contributed by atoms with Gasteiger partial charge in [0.05, 0.1) is 6.33 Å². The van der Waals surface area contributed by atoms with Crippen LogP contribution in [0, 0.1) is 0 Å². The number of furan rings is 1. The van der Waals surface area contributed by atoms with E-state index >= 15 is 0 Å². The quantitative estimate of drug-likeness (QED) is 0.330. The van der Waals surface area contributed by atoms with E-state index in [0.29, 0.717) is 22.7 Å². The minimum Gasteiger partial charge on any atom is -0.448 e. The molecule has 3 aromatic carbocycles. The minimum atomic E-state index is -0.398. The Bertz CT molecular complexity index is 1800. The van der Waals surface area contributed by atoms with E-state index in [-0.39, 0.29) is 24.0 Å². The molecule has 0 aliphatic carbocycles. The Morgan fingerprint density at radius 2 is 1.75 bits per heavy atom. The molecule has 1 amide bonds. The van der Waals surface area contributed by atoms with Crippen LogP contribution in [0.25, 0.3) is 33.0 Å². The zero-order chi connectivity index (χ0) is 24.6. The molecule has 3 heterocycles. The van der Waals surface area contributed by atoms with Gasteiger partial charge in [-0.05, 0) is 35.4 Å². The van der Waals surface area contributed by atoms with Gasteiger partial charge in [0.2, 0.25) is 11.5 Å². The summed E-state index contributed by atoms with van der Waals surface area (Å²) < 4.78 is 6.98. The topological polar surface area (TPSA) is 92.9 Å². The van der Waals surface area contributed by atoms with Crippen molar-refractivity contribution in [3.63, 3.8) is 0 Å². The lowest BCUT2D eigenvalue weighted by Crippen LogP contribution is -2.35. The fraction of sp³-hybridized carbons (Fsp3) is 0.107. The molecule has 2 N–H and O–H groups in total. The van der Waals surface area contributed by atoms with Gasteiger partial charge in [-0.25, -0.2) is 4.98 Å². The molecule has 8 heteroatoms. The van der Waals surface area contributed by atoms with Crippen molar-refractivity contribution < 1.29 is 9.21 Å². The number of hydrogen-bond donors (Lipinski definition) is 2. The number of carbonyl (C=O) groups excluding carboxylic acids is 1. The molecule has 0 saturated carbocycles. The molecule has 36 heavy (non-hydrogen) atoms. The zero-order valence-electron chi connectivity index (χ0n) is 19.1. The number of nitrogens with one attached hydrogen (secondary N) is 2. The maximum atomic E-state index is 13.0. The summed E-state index contributed by atoms with van der Waals surface area (Å²) in [4.78, 5) is 33.6. The second kappa shape index (κ2) is 9.02. The highest BCUT2D eigenvalue weighted by atomic mass is 35.5. The molecule has 178 valence electrons. The third kappa shape index (κ3) is 3.83. The van der Waals surface area contributed by atoms with Gasteiger partial charge in [0.25, 0.3) is 5.56 Å². The van der Waals surface area contributed by atoms with Gasteiger partial charge in [-0.1, -0.05) is 60.1 Å². The lowest BCUT2D eigenvalue weighted by Gasteiger charge is -2.19. The summed E-state index contributed by atoms with van der Waals surface area (Å²) in [6, 6.07) is 22.9. The van der Waals surface area contributed by atoms with Gasteiger partial charge in [0.1, 0.15) is 17.6 Å². The molecular weight excluding hydrogens is 476 g/mol. The van der Waals surface area contributed by atoms with Crippen LogP contribution in [-0.2, 0) is 11.3 Å². The summed E-state index contributed by atoms with van der Waals surface area (Å²) >= 11 is 6.55. The highest BCUT2D eigenvalue weighted by molar-refractivity contribution is 6.31. The fourth-order valence-corrected chi connectivity index (χ4v) is 4.95. The van der Waals surface area contributed by atoms with E-state index < -0.39 is 5.56 Å². The van der Waals surface area contributed by atoms with Gasteiger partial charge in [-0.15, -0.1) is 0 Å². The van der Waals surface area contributed by atoms with E-state index in [1.807, 2.05) is 72.9 Å². The highest BCUT2D eigenvalue weighted by Crippen LogP contribution is 2.34. The number of nitrogens with zero attached hydrogens (tertiary/aromatic N) is 2. The highest BCUT2D eigenvalue weighted by Gasteiger charge is 2.22.